The number of nitriles is 1. The summed E-state index contributed by atoms with van der Waals surface area (Å²) in [4.78, 5) is 3.46. The molecule has 0 bridgehead atoms. The lowest BCUT2D eigenvalue weighted by molar-refractivity contribution is 0.621. The molecule has 0 saturated heterocycles. The topological polar surface area (TPSA) is 36.7 Å². The standard InChI is InChI=1S/C6H3FN2.C2H6/c7-6-1-5(2-8)3-9-4-6;1-2/h1,3-4H;1-2H3. The molecule has 2 nitrogen and oxygen atoms in total. The highest BCUT2D eigenvalue weighted by atomic mass is 19.1. The number of rotatable bonds is 0. The molecule has 0 radical (unpaired) electrons. The van der Waals surface area contributed by atoms with Crippen LogP contribution in [0, 0.1) is 17.1 Å². The average molecular weight is 152 g/mol. The Labute approximate surface area is 65.3 Å². The second kappa shape index (κ2) is 5.36. The zero-order valence-corrected chi connectivity index (χ0v) is 6.50. The van der Waals surface area contributed by atoms with Crippen LogP contribution >= 0.6 is 0 Å². The highest BCUT2D eigenvalue weighted by Gasteiger charge is 1.90. The molecule has 0 aromatic carbocycles. The first-order valence-corrected chi connectivity index (χ1v) is 3.33. The summed E-state index contributed by atoms with van der Waals surface area (Å²) in [7, 11) is 0. The third-order valence-electron chi connectivity index (χ3n) is 0.834. The maximum atomic E-state index is 12.1. The van der Waals surface area contributed by atoms with Crippen molar-refractivity contribution in [1.82, 2.24) is 4.98 Å². The van der Waals surface area contributed by atoms with Crippen molar-refractivity contribution in [1.29, 1.82) is 5.26 Å². The second-order valence-corrected chi connectivity index (χ2v) is 1.50. The molecular weight excluding hydrogens is 143 g/mol. The third-order valence-corrected chi connectivity index (χ3v) is 0.834. The van der Waals surface area contributed by atoms with E-state index in [-0.39, 0.29) is 5.56 Å². The molecular formula is C8H9FN2. The van der Waals surface area contributed by atoms with Crippen LogP contribution in [0.4, 0.5) is 4.39 Å². The van der Waals surface area contributed by atoms with Crippen molar-refractivity contribution in [3.63, 3.8) is 0 Å². The Bertz CT molecular complexity index is 253. The highest BCUT2D eigenvalue weighted by Crippen LogP contribution is 1.96. The summed E-state index contributed by atoms with van der Waals surface area (Å²) in [6.07, 6.45) is 2.36. The Morgan fingerprint density at radius 3 is 2.45 bits per heavy atom. The first kappa shape index (κ1) is 9.57. The molecule has 1 aromatic heterocycles. The monoisotopic (exact) mass is 152 g/mol. The number of hydrogen-bond donors (Lipinski definition) is 0. The van der Waals surface area contributed by atoms with E-state index in [0.29, 0.717) is 0 Å². The minimum atomic E-state index is -0.478. The summed E-state index contributed by atoms with van der Waals surface area (Å²) < 4.78 is 12.1. The molecule has 0 atom stereocenters. The Balaban J connectivity index is 0.000000461. The summed E-state index contributed by atoms with van der Waals surface area (Å²) in [5.74, 6) is -0.478. The summed E-state index contributed by atoms with van der Waals surface area (Å²) >= 11 is 0. The Morgan fingerprint density at radius 2 is 2.09 bits per heavy atom. The largest absolute Gasteiger partial charge is 0.260 e. The van der Waals surface area contributed by atoms with Crippen molar-refractivity contribution in [2.45, 2.75) is 13.8 Å². The van der Waals surface area contributed by atoms with E-state index in [2.05, 4.69) is 4.98 Å². The van der Waals surface area contributed by atoms with Crippen LogP contribution in [0.5, 0.6) is 0 Å². The first-order chi connectivity index (χ1) is 5.33. The highest BCUT2D eigenvalue weighted by molar-refractivity contribution is 5.24. The van der Waals surface area contributed by atoms with Crippen LogP contribution in [0.2, 0.25) is 0 Å². The van der Waals surface area contributed by atoms with Crippen LogP contribution in [0.15, 0.2) is 18.5 Å². The molecule has 0 aliphatic heterocycles. The molecule has 0 saturated carbocycles. The molecule has 0 aliphatic rings. The zero-order chi connectivity index (χ0) is 8.69. The molecule has 1 rings (SSSR count). The van der Waals surface area contributed by atoms with Gasteiger partial charge in [-0.1, -0.05) is 13.8 Å². The van der Waals surface area contributed by atoms with Crippen molar-refractivity contribution in [2.24, 2.45) is 0 Å². The summed E-state index contributed by atoms with van der Waals surface area (Å²) in [5.41, 5.74) is 0.245. The molecule has 1 heterocycles. The Hall–Kier alpha value is -1.43. The van der Waals surface area contributed by atoms with E-state index in [9.17, 15) is 4.39 Å². The number of nitrogens with zero attached hydrogens (tertiary/aromatic N) is 2. The first-order valence-electron chi connectivity index (χ1n) is 3.33. The molecule has 0 aliphatic carbocycles. The Kier molecular flexibility index (Phi) is 4.67. The van der Waals surface area contributed by atoms with Gasteiger partial charge in [-0.3, -0.25) is 4.98 Å². The lowest BCUT2D eigenvalue weighted by Crippen LogP contribution is -1.79. The smallest absolute Gasteiger partial charge is 0.142 e. The number of halogens is 1. The van der Waals surface area contributed by atoms with Crippen molar-refractivity contribution in [3.8, 4) is 6.07 Å². The van der Waals surface area contributed by atoms with Gasteiger partial charge in [-0.15, -0.1) is 0 Å². The maximum absolute atomic E-state index is 12.1. The van der Waals surface area contributed by atoms with Gasteiger partial charge in [0, 0.05) is 6.20 Å². The molecule has 0 N–H and O–H groups in total. The third kappa shape index (κ3) is 3.31. The van der Waals surface area contributed by atoms with Crippen LogP contribution in [0.25, 0.3) is 0 Å². The van der Waals surface area contributed by atoms with Gasteiger partial charge in [-0.05, 0) is 6.07 Å². The second-order valence-electron chi connectivity index (χ2n) is 1.50. The van der Waals surface area contributed by atoms with Crippen molar-refractivity contribution in [3.05, 3.63) is 29.8 Å². The Morgan fingerprint density at radius 1 is 1.45 bits per heavy atom. The molecule has 0 fully saturated rings. The van der Waals surface area contributed by atoms with E-state index in [0.717, 1.165) is 12.3 Å². The van der Waals surface area contributed by atoms with Crippen LogP contribution < -0.4 is 0 Å². The van der Waals surface area contributed by atoms with E-state index in [4.69, 9.17) is 5.26 Å². The van der Waals surface area contributed by atoms with Gasteiger partial charge >= 0.3 is 0 Å². The normalized spacial score (nSPS) is 7.45. The van der Waals surface area contributed by atoms with Crippen molar-refractivity contribution in [2.75, 3.05) is 0 Å². The van der Waals surface area contributed by atoms with Gasteiger partial charge in [-0.25, -0.2) is 4.39 Å². The summed E-state index contributed by atoms with van der Waals surface area (Å²) in [6, 6.07) is 2.90. The summed E-state index contributed by atoms with van der Waals surface area (Å²) in [5, 5.41) is 8.21. The van der Waals surface area contributed by atoms with Crippen molar-refractivity contribution >= 4 is 0 Å². The number of pyridine rings is 1. The SMILES string of the molecule is CC.N#Cc1cncc(F)c1. The van der Waals surface area contributed by atoms with Gasteiger partial charge in [0.25, 0.3) is 0 Å². The van der Waals surface area contributed by atoms with E-state index in [1.165, 1.54) is 6.20 Å². The van der Waals surface area contributed by atoms with Gasteiger partial charge in [0.05, 0.1) is 11.8 Å². The van der Waals surface area contributed by atoms with E-state index >= 15 is 0 Å². The fraction of sp³-hybridized carbons (Fsp3) is 0.250. The molecule has 0 amide bonds. The van der Waals surface area contributed by atoms with Gasteiger partial charge in [0.1, 0.15) is 11.9 Å². The van der Waals surface area contributed by atoms with Gasteiger partial charge in [0.2, 0.25) is 0 Å². The van der Waals surface area contributed by atoms with Crippen LogP contribution in [0.1, 0.15) is 19.4 Å². The van der Waals surface area contributed by atoms with Gasteiger partial charge in [-0.2, -0.15) is 5.26 Å². The predicted octanol–water partition coefficient (Wildman–Crippen LogP) is 2.12. The average Bonchev–Trinajstić information content (AvgIpc) is 2.08. The van der Waals surface area contributed by atoms with E-state index < -0.39 is 5.82 Å². The maximum Gasteiger partial charge on any atom is 0.142 e. The van der Waals surface area contributed by atoms with Crippen LogP contribution in [-0.4, -0.2) is 4.98 Å². The fourth-order valence-corrected chi connectivity index (χ4v) is 0.473. The number of hydrogen-bond acceptors (Lipinski definition) is 2. The van der Waals surface area contributed by atoms with Crippen LogP contribution in [0.3, 0.4) is 0 Å². The molecule has 0 unspecified atom stereocenters. The van der Waals surface area contributed by atoms with Crippen molar-refractivity contribution < 1.29 is 4.39 Å². The molecule has 1 aromatic rings. The molecule has 0 spiro atoms. The zero-order valence-electron chi connectivity index (χ0n) is 6.50. The van der Waals surface area contributed by atoms with Gasteiger partial charge in [0.15, 0.2) is 0 Å². The fourth-order valence-electron chi connectivity index (χ4n) is 0.473. The minimum Gasteiger partial charge on any atom is -0.260 e. The predicted molar refractivity (Wildman–Crippen MR) is 40.3 cm³/mol. The summed E-state index contributed by atoms with van der Waals surface area (Å²) in [6.45, 7) is 4.00. The van der Waals surface area contributed by atoms with Crippen LogP contribution in [-0.2, 0) is 0 Å². The molecule has 58 valence electrons. The lowest BCUT2D eigenvalue weighted by atomic mass is 10.3. The molecule has 3 heteroatoms. The van der Waals surface area contributed by atoms with E-state index in [1.54, 1.807) is 6.07 Å². The minimum absolute atomic E-state index is 0.245. The van der Waals surface area contributed by atoms with E-state index in [1.807, 2.05) is 13.8 Å². The number of aromatic nitrogens is 1. The van der Waals surface area contributed by atoms with Gasteiger partial charge < -0.3 is 0 Å². The molecule has 11 heavy (non-hydrogen) atoms. The lowest BCUT2D eigenvalue weighted by Gasteiger charge is -1.84. The quantitative estimate of drug-likeness (QED) is 0.571.